The molecule has 2 aliphatic heterocycles. The van der Waals surface area contributed by atoms with Crippen molar-refractivity contribution in [2.45, 2.75) is 58.6 Å². The van der Waals surface area contributed by atoms with E-state index in [2.05, 4.69) is 48.3 Å². The number of carbonyl (C=O) groups is 1. The first-order chi connectivity index (χ1) is 14.0. The fraction of sp³-hybridized carbons (Fsp3) is 0.458. The maximum Gasteiger partial charge on any atom is 0.261 e. The number of morpholine rings is 1. The van der Waals surface area contributed by atoms with Crippen molar-refractivity contribution in [1.82, 2.24) is 10.2 Å². The van der Waals surface area contributed by atoms with Gasteiger partial charge in [0.05, 0.1) is 12.2 Å². The van der Waals surface area contributed by atoms with E-state index in [1.54, 1.807) is 0 Å². The lowest BCUT2D eigenvalue weighted by atomic mass is 10.1. The summed E-state index contributed by atoms with van der Waals surface area (Å²) in [4.78, 5) is 15.0. The molecule has 2 heterocycles. The van der Waals surface area contributed by atoms with Crippen molar-refractivity contribution in [3.8, 4) is 5.75 Å². The van der Waals surface area contributed by atoms with Crippen molar-refractivity contribution in [3.63, 3.8) is 0 Å². The molecule has 0 radical (unpaired) electrons. The van der Waals surface area contributed by atoms with Crippen molar-refractivity contribution in [2.75, 3.05) is 13.1 Å². The summed E-state index contributed by atoms with van der Waals surface area (Å²) in [5.41, 5.74) is 4.57. The molecule has 3 unspecified atom stereocenters. The third-order valence-corrected chi connectivity index (χ3v) is 5.64. The average Bonchev–Trinajstić information content (AvgIpc) is 3.12. The molecule has 0 aliphatic carbocycles. The topological polar surface area (TPSA) is 50.8 Å². The minimum Gasteiger partial charge on any atom is -0.480 e. The highest BCUT2D eigenvalue weighted by Crippen LogP contribution is 2.32. The molecule has 3 atom stereocenters. The molecule has 1 N–H and O–H groups in total. The molecule has 1 amide bonds. The van der Waals surface area contributed by atoms with Crippen molar-refractivity contribution in [3.05, 3.63) is 64.7 Å². The molecule has 2 aromatic carbocycles. The first-order valence-corrected chi connectivity index (χ1v) is 10.5. The molecular formula is C24H30N2O3. The fourth-order valence-electron chi connectivity index (χ4n) is 4.31. The van der Waals surface area contributed by atoms with E-state index in [9.17, 15) is 4.79 Å². The second-order valence-corrected chi connectivity index (χ2v) is 8.36. The summed E-state index contributed by atoms with van der Waals surface area (Å²) in [7, 11) is 0. The number of amides is 1. The summed E-state index contributed by atoms with van der Waals surface area (Å²) in [6.07, 6.45) is 0.760. The Kier molecular flexibility index (Phi) is 5.88. The molecule has 2 aromatic rings. The van der Waals surface area contributed by atoms with Gasteiger partial charge in [-0.2, -0.15) is 0 Å². The average molecular weight is 395 g/mol. The van der Waals surface area contributed by atoms with Crippen molar-refractivity contribution < 1.29 is 14.3 Å². The van der Waals surface area contributed by atoms with Crippen molar-refractivity contribution >= 4 is 5.91 Å². The lowest BCUT2D eigenvalue weighted by Gasteiger charge is -2.35. The van der Waals surface area contributed by atoms with Gasteiger partial charge in [-0.25, -0.2) is 0 Å². The summed E-state index contributed by atoms with van der Waals surface area (Å²) in [6, 6.07) is 14.5. The summed E-state index contributed by atoms with van der Waals surface area (Å²) in [6.45, 7) is 9.64. The molecule has 1 fully saturated rings. The van der Waals surface area contributed by atoms with Gasteiger partial charge < -0.3 is 14.8 Å². The Bertz CT molecular complexity index is 855. The predicted octanol–water partition coefficient (Wildman–Crippen LogP) is 3.22. The van der Waals surface area contributed by atoms with Crippen LogP contribution in [-0.2, 0) is 29.0 Å². The molecule has 0 aromatic heterocycles. The first kappa shape index (κ1) is 19.9. The van der Waals surface area contributed by atoms with Crippen LogP contribution in [0.15, 0.2) is 42.5 Å². The smallest absolute Gasteiger partial charge is 0.261 e. The van der Waals surface area contributed by atoms with Crippen LogP contribution in [0.25, 0.3) is 0 Å². The number of aryl methyl sites for hydroxylation is 1. The number of para-hydroxylation sites is 1. The fourth-order valence-corrected chi connectivity index (χ4v) is 4.31. The molecular weight excluding hydrogens is 364 g/mol. The van der Waals surface area contributed by atoms with Crippen LogP contribution in [0.1, 0.15) is 36.1 Å². The number of nitrogens with zero attached hydrogens (tertiary/aromatic N) is 1. The summed E-state index contributed by atoms with van der Waals surface area (Å²) >= 11 is 0. The normalized spacial score (nSPS) is 24.0. The molecule has 154 valence electrons. The van der Waals surface area contributed by atoms with E-state index >= 15 is 0 Å². The third kappa shape index (κ3) is 4.80. The molecule has 5 heteroatoms. The monoisotopic (exact) mass is 394 g/mol. The highest BCUT2D eigenvalue weighted by molar-refractivity contribution is 5.82. The van der Waals surface area contributed by atoms with E-state index in [-0.39, 0.29) is 18.1 Å². The molecule has 0 saturated carbocycles. The summed E-state index contributed by atoms with van der Waals surface area (Å²) < 4.78 is 11.7. The van der Waals surface area contributed by atoms with Gasteiger partial charge in [0, 0.05) is 32.6 Å². The van der Waals surface area contributed by atoms with Gasteiger partial charge in [-0.05, 0) is 43.0 Å². The van der Waals surface area contributed by atoms with Crippen LogP contribution in [0, 0.1) is 6.92 Å². The number of ether oxygens (including phenoxy) is 2. The number of rotatable bonds is 5. The summed E-state index contributed by atoms with van der Waals surface area (Å²) in [5, 5.41) is 3.02. The van der Waals surface area contributed by atoms with Gasteiger partial charge in [-0.15, -0.1) is 0 Å². The van der Waals surface area contributed by atoms with Crippen LogP contribution in [0.5, 0.6) is 5.75 Å². The highest BCUT2D eigenvalue weighted by atomic mass is 16.5. The zero-order valence-electron chi connectivity index (χ0n) is 17.5. The van der Waals surface area contributed by atoms with Gasteiger partial charge in [0.25, 0.3) is 5.91 Å². The van der Waals surface area contributed by atoms with Crippen LogP contribution in [-0.4, -0.2) is 42.2 Å². The second kappa shape index (κ2) is 8.56. The number of carbonyl (C=O) groups excluding carboxylic acids is 1. The van der Waals surface area contributed by atoms with Gasteiger partial charge in [0.2, 0.25) is 0 Å². The van der Waals surface area contributed by atoms with Crippen LogP contribution < -0.4 is 10.1 Å². The zero-order chi connectivity index (χ0) is 20.4. The maximum atomic E-state index is 12.5. The number of benzene rings is 2. The van der Waals surface area contributed by atoms with Gasteiger partial charge in [-0.1, -0.05) is 42.5 Å². The SMILES string of the molecule is Cc1cccc2c1OC(C(=O)NCc1ccc(CN3CC(C)OC(C)C3)cc1)C2. The van der Waals surface area contributed by atoms with E-state index in [0.29, 0.717) is 13.0 Å². The van der Waals surface area contributed by atoms with Crippen molar-refractivity contribution in [2.24, 2.45) is 0 Å². The van der Waals surface area contributed by atoms with Gasteiger partial charge in [0.15, 0.2) is 6.10 Å². The third-order valence-electron chi connectivity index (χ3n) is 5.64. The molecule has 0 spiro atoms. The van der Waals surface area contributed by atoms with E-state index in [1.807, 2.05) is 25.1 Å². The number of nitrogens with one attached hydrogen (secondary N) is 1. The first-order valence-electron chi connectivity index (χ1n) is 10.5. The Morgan fingerprint density at radius 2 is 1.76 bits per heavy atom. The Labute approximate surface area is 173 Å². The molecule has 29 heavy (non-hydrogen) atoms. The van der Waals surface area contributed by atoms with E-state index in [4.69, 9.17) is 9.47 Å². The standard InChI is InChI=1S/C24H30N2O3/c1-16-5-4-6-21-11-22(29-23(16)21)24(27)25-12-19-7-9-20(10-8-19)15-26-13-17(2)28-18(3)14-26/h4-10,17-18,22H,11-15H2,1-3H3,(H,25,27). The van der Waals surface area contributed by atoms with Crippen LogP contribution in [0.2, 0.25) is 0 Å². The minimum absolute atomic E-state index is 0.0547. The van der Waals surface area contributed by atoms with Crippen LogP contribution in [0.4, 0.5) is 0 Å². The van der Waals surface area contributed by atoms with Gasteiger partial charge in [0.1, 0.15) is 5.75 Å². The lowest BCUT2D eigenvalue weighted by Crippen LogP contribution is -2.44. The van der Waals surface area contributed by atoms with E-state index < -0.39 is 6.10 Å². The van der Waals surface area contributed by atoms with Crippen LogP contribution >= 0.6 is 0 Å². The zero-order valence-corrected chi connectivity index (χ0v) is 17.5. The molecule has 0 bridgehead atoms. The predicted molar refractivity (Wildman–Crippen MR) is 113 cm³/mol. The van der Waals surface area contributed by atoms with E-state index in [1.165, 1.54) is 5.56 Å². The number of hydrogen-bond donors (Lipinski definition) is 1. The lowest BCUT2D eigenvalue weighted by molar-refractivity contribution is -0.127. The second-order valence-electron chi connectivity index (χ2n) is 8.36. The minimum atomic E-state index is -0.435. The Hall–Kier alpha value is -2.37. The number of fused-ring (bicyclic) bond motifs is 1. The summed E-state index contributed by atoms with van der Waals surface area (Å²) in [5.74, 6) is 0.810. The van der Waals surface area contributed by atoms with E-state index in [0.717, 1.165) is 42.1 Å². The Morgan fingerprint density at radius 3 is 2.45 bits per heavy atom. The highest BCUT2D eigenvalue weighted by Gasteiger charge is 2.29. The number of hydrogen-bond acceptors (Lipinski definition) is 4. The molecule has 4 rings (SSSR count). The van der Waals surface area contributed by atoms with Crippen LogP contribution in [0.3, 0.4) is 0 Å². The maximum absolute atomic E-state index is 12.5. The van der Waals surface area contributed by atoms with Crippen molar-refractivity contribution in [1.29, 1.82) is 0 Å². The molecule has 1 saturated heterocycles. The molecule has 5 nitrogen and oxygen atoms in total. The Balaban J connectivity index is 1.27. The Morgan fingerprint density at radius 1 is 1.07 bits per heavy atom. The largest absolute Gasteiger partial charge is 0.480 e. The van der Waals surface area contributed by atoms with Gasteiger partial charge >= 0.3 is 0 Å². The quantitative estimate of drug-likeness (QED) is 0.846. The molecule has 2 aliphatic rings. The van der Waals surface area contributed by atoms with Gasteiger partial charge in [-0.3, -0.25) is 9.69 Å².